The molecular weight excluding hydrogens is 347 g/mol. The molecule has 2 heterocycles. The Morgan fingerprint density at radius 1 is 1.26 bits per heavy atom. The molecule has 0 saturated carbocycles. The van der Waals surface area contributed by atoms with Gasteiger partial charge in [-0.05, 0) is 18.2 Å². The lowest BCUT2D eigenvalue weighted by atomic mass is 9.95. The Labute approximate surface area is 140 Å². The lowest BCUT2D eigenvalue weighted by Gasteiger charge is -2.19. The molecule has 23 heavy (non-hydrogen) atoms. The number of hydrogen-bond acceptors (Lipinski definition) is 6. The molecule has 120 valence electrons. The maximum Gasteiger partial charge on any atom is 0.356 e. The van der Waals surface area contributed by atoms with E-state index in [1.54, 1.807) is 0 Å². The number of nitrogens with zero attached hydrogens (tertiary/aromatic N) is 2. The molecule has 1 spiro atoms. The van der Waals surface area contributed by atoms with E-state index < -0.39 is 23.4 Å². The van der Waals surface area contributed by atoms with Gasteiger partial charge in [0, 0.05) is 10.0 Å². The van der Waals surface area contributed by atoms with Crippen molar-refractivity contribution in [2.45, 2.75) is 18.4 Å². The number of hydrogen-bond donors (Lipinski definition) is 0. The second kappa shape index (κ2) is 5.50. The van der Waals surface area contributed by atoms with Crippen molar-refractivity contribution in [1.82, 2.24) is 0 Å². The Hall–Kier alpha value is -2.12. The highest BCUT2D eigenvalue weighted by atomic mass is 35.5. The minimum Gasteiger partial charge on any atom is -0.464 e. The average molecular weight is 357 g/mol. The van der Waals surface area contributed by atoms with Crippen LogP contribution in [-0.2, 0) is 24.0 Å². The Bertz CT molecular complexity index is 743. The molecule has 1 aromatic carbocycles. The highest BCUT2D eigenvalue weighted by Crippen LogP contribution is 2.39. The molecular formula is C14H10Cl2N2O5. The first-order valence-electron chi connectivity index (χ1n) is 6.53. The summed E-state index contributed by atoms with van der Waals surface area (Å²) in [5, 5.41) is 4.15. The summed E-state index contributed by atoms with van der Waals surface area (Å²) in [7, 11) is 1.19. The van der Waals surface area contributed by atoms with Crippen molar-refractivity contribution in [3.8, 4) is 0 Å². The third-order valence-electron chi connectivity index (χ3n) is 3.59. The van der Waals surface area contributed by atoms with Gasteiger partial charge in [0.1, 0.15) is 0 Å². The third-order valence-corrected chi connectivity index (χ3v) is 4.03. The van der Waals surface area contributed by atoms with Crippen molar-refractivity contribution in [2.75, 3.05) is 12.0 Å². The van der Waals surface area contributed by atoms with Gasteiger partial charge in [0.25, 0.3) is 5.91 Å². The molecule has 0 N–H and O–H groups in total. The van der Waals surface area contributed by atoms with E-state index in [0.29, 0.717) is 0 Å². The van der Waals surface area contributed by atoms with Gasteiger partial charge < -0.3 is 9.57 Å². The Morgan fingerprint density at radius 3 is 2.52 bits per heavy atom. The van der Waals surface area contributed by atoms with Crippen LogP contribution in [0, 0.1) is 0 Å². The predicted octanol–water partition coefficient (Wildman–Crippen LogP) is 1.94. The Morgan fingerprint density at radius 2 is 1.91 bits per heavy atom. The van der Waals surface area contributed by atoms with Crippen molar-refractivity contribution < 1.29 is 24.0 Å². The quantitative estimate of drug-likeness (QED) is 0.597. The molecule has 1 atom stereocenters. The molecule has 1 fully saturated rings. The number of rotatable bonds is 2. The van der Waals surface area contributed by atoms with Gasteiger partial charge in [-0.25, -0.2) is 9.69 Å². The zero-order valence-corrected chi connectivity index (χ0v) is 13.3. The molecule has 0 radical (unpaired) electrons. The fourth-order valence-electron chi connectivity index (χ4n) is 2.56. The van der Waals surface area contributed by atoms with Crippen LogP contribution in [0.25, 0.3) is 0 Å². The predicted molar refractivity (Wildman–Crippen MR) is 81.5 cm³/mol. The van der Waals surface area contributed by atoms with E-state index in [1.165, 1.54) is 25.3 Å². The standard InChI is InChI=1S/C14H10Cl2N2O5/c1-22-12(20)10-5-14(23-17-10)6-11(19)18(13(14)21)9-3-7(15)2-8(16)4-9/h2-4H,5-6H2,1H3/t14-/m1/s1. The summed E-state index contributed by atoms with van der Waals surface area (Å²) in [6.45, 7) is 0. The average Bonchev–Trinajstić information content (AvgIpc) is 3.00. The van der Waals surface area contributed by atoms with Crippen LogP contribution in [-0.4, -0.2) is 36.2 Å². The molecule has 2 aliphatic rings. The third kappa shape index (κ3) is 2.55. The van der Waals surface area contributed by atoms with E-state index in [-0.39, 0.29) is 34.3 Å². The number of amides is 2. The van der Waals surface area contributed by atoms with Gasteiger partial charge >= 0.3 is 5.97 Å². The largest absolute Gasteiger partial charge is 0.464 e. The lowest BCUT2D eigenvalue weighted by molar-refractivity contribution is -0.136. The highest BCUT2D eigenvalue weighted by molar-refractivity contribution is 6.39. The molecule has 0 aliphatic carbocycles. The lowest BCUT2D eigenvalue weighted by Crippen LogP contribution is -2.41. The van der Waals surface area contributed by atoms with Crippen LogP contribution in [0.5, 0.6) is 0 Å². The molecule has 1 aromatic rings. The molecule has 7 nitrogen and oxygen atoms in total. The number of carbonyl (C=O) groups excluding carboxylic acids is 3. The normalized spacial score (nSPS) is 23.3. The van der Waals surface area contributed by atoms with Gasteiger partial charge in [0.05, 0.1) is 25.6 Å². The van der Waals surface area contributed by atoms with Gasteiger partial charge in [-0.15, -0.1) is 0 Å². The summed E-state index contributed by atoms with van der Waals surface area (Å²) in [5.74, 6) is -1.82. The number of esters is 1. The number of methoxy groups -OCH3 is 1. The van der Waals surface area contributed by atoms with Gasteiger partial charge in [-0.1, -0.05) is 28.4 Å². The monoisotopic (exact) mass is 356 g/mol. The van der Waals surface area contributed by atoms with Crippen molar-refractivity contribution >= 4 is 52.4 Å². The first kappa shape index (κ1) is 15.8. The molecule has 2 amide bonds. The molecule has 3 rings (SSSR count). The number of imide groups is 1. The zero-order valence-electron chi connectivity index (χ0n) is 11.8. The summed E-state index contributed by atoms with van der Waals surface area (Å²) < 4.78 is 4.55. The van der Waals surface area contributed by atoms with E-state index in [9.17, 15) is 14.4 Å². The van der Waals surface area contributed by atoms with Gasteiger partial charge in [-0.2, -0.15) is 0 Å². The van der Waals surface area contributed by atoms with Crippen LogP contribution in [0.2, 0.25) is 10.0 Å². The van der Waals surface area contributed by atoms with E-state index in [1.807, 2.05) is 0 Å². The fraction of sp³-hybridized carbons (Fsp3) is 0.286. The maximum absolute atomic E-state index is 12.7. The second-order valence-corrected chi connectivity index (χ2v) is 6.00. The Kier molecular flexibility index (Phi) is 3.77. The summed E-state index contributed by atoms with van der Waals surface area (Å²) in [5.41, 5.74) is -1.32. The van der Waals surface area contributed by atoms with Crippen LogP contribution < -0.4 is 4.90 Å². The topological polar surface area (TPSA) is 85.3 Å². The van der Waals surface area contributed by atoms with Crippen molar-refractivity contribution in [2.24, 2.45) is 5.16 Å². The second-order valence-electron chi connectivity index (χ2n) is 5.13. The van der Waals surface area contributed by atoms with Crippen LogP contribution in [0.15, 0.2) is 23.4 Å². The van der Waals surface area contributed by atoms with Crippen molar-refractivity contribution in [1.29, 1.82) is 0 Å². The first-order valence-corrected chi connectivity index (χ1v) is 7.29. The van der Waals surface area contributed by atoms with Crippen LogP contribution >= 0.6 is 23.2 Å². The highest BCUT2D eigenvalue weighted by Gasteiger charge is 2.58. The Balaban J connectivity index is 1.91. The molecule has 2 aliphatic heterocycles. The molecule has 0 aromatic heterocycles. The van der Waals surface area contributed by atoms with E-state index in [2.05, 4.69) is 9.89 Å². The van der Waals surface area contributed by atoms with Crippen LogP contribution in [0.4, 0.5) is 5.69 Å². The summed E-state index contributed by atoms with van der Waals surface area (Å²) in [4.78, 5) is 42.6. The summed E-state index contributed by atoms with van der Waals surface area (Å²) in [6.07, 6.45) is -0.366. The van der Waals surface area contributed by atoms with Crippen LogP contribution in [0.3, 0.4) is 0 Å². The minimum atomic E-state index is -1.52. The molecule has 9 heteroatoms. The van der Waals surface area contributed by atoms with E-state index in [4.69, 9.17) is 28.0 Å². The summed E-state index contributed by atoms with van der Waals surface area (Å²) >= 11 is 11.8. The van der Waals surface area contributed by atoms with Crippen molar-refractivity contribution in [3.63, 3.8) is 0 Å². The van der Waals surface area contributed by atoms with Gasteiger partial charge in [-0.3, -0.25) is 9.59 Å². The van der Waals surface area contributed by atoms with Crippen LogP contribution in [0.1, 0.15) is 12.8 Å². The number of anilines is 1. The van der Waals surface area contributed by atoms with Gasteiger partial charge in [0.15, 0.2) is 5.71 Å². The smallest absolute Gasteiger partial charge is 0.356 e. The maximum atomic E-state index is 12.7. The van der Waals surface area contributed by atoms with E-state index in [0.717, 1.165) is 4.90 Å². The van der Waals surface area contributed by atoms with Crippen molar-refractivity contribution in [3.05, 3.63) is 28.2 Å². The number of carbonyl (C=O) groups is 3. The number of ether oxygens (including phenoxy) is 1. The fourth-order valence-corrected chi connectivity index (χ4v) is 3.07. The zero-order chi connectivity index (χ0) is 16.8. The number of oxime groups is 1. The first-order chi connectivity index (χ1) is 10.9. The minimum absolute atomic E-state index is 0.0420. The SMILES string of the molecule is COC(=O)C1=NO[C@@]2(CC(=O)N(c3cc(Cl)cc(Cl)c3)C2=O)C1. The number of halogens is 2. The summed E-state index contributed by atoms with van der Waals surface area (Å²) in [6, 6.07) is 4.37. The number of benzene rings is 1. The molecule has 1 saturated heterocycles. The molecule has 0 unspecified atom stereocenters. The van der Waals surface area contributed by atoms with E-state index >= 15 is 0 Å². The van der Waals surface area contributed by atoms with Gasteiger partial charge in [0.2, 0.25) is 11.5 Å². The molecule has 0 bridgehead atoms.